The van der Waals surface area contributed by atoms with Gasteiger partial charge in [-0.15, -0.1) is 0 Å². The van der Waals surface area contributed by atoms with Crippen molar-refractivity contribution in [3.05, 3.63) is 0 Å². The van der Waals surface area contributed by atoms with Gasteiger partial charge in [0.25, 0.3) is 0 Å². The maximum absolute atomic E-state index is 12.1. The molecule has 19 heavy (non-hydrogen) atoms. The molecule has 2 fully saturated rings. The summed E-state index contributed by atoms with van der Waals surface area (Å²) in [6.07, 6.45) is 7.37. The minimum absolute atomic E-state index is 0.152. The summed E-state index contributed by atoms with van der Waals surface area (Å²) in [6.45, 7) is 5.47. The van der Waals surface area contributed by atoms with E-state index in [0.29, 0.717) is 6.04 Å². The van der Waals surface area contributed by atoms with E-state index in [0.717, 1.165) is 38.6 Å². The summed E-state index contributed by atoms with van der Waals surface area (Å²) in [7, 11) is -3.10. The van der Waals surface area contributed by atoms with Crippen LogP contribution in [0.4, 0.5) is 0 Å². The topological polar surface area (TPSA) is 58.2 Å². The monoisotopic (exact) mass is 288 g/mol. The van der Waals surface area contributed by atoms with Crippen molar-refractivity contribution in [2.45, 2.75) is 70.9 Å². The first-order chi connectivity index (χ1) is 8.86. The van der Waals surface area contributed by atoms with E-state index in [9.17, 15) is 8.42 Å². The van der Waals surface area contributed by atoms with E-state index in [1.54, 1.807) is 0 Å². The van der Waals surface area contributed by atoms with Gasteiger partial charge in [-0.1, -0.05) is 20.3 Å². The van der Waals surface area contributed by atoms with Crippen molar-refractivity contribution >= 4 is 10.0 Å². The summed E-state index contributed by atoms with van der Waals surface area (Å²) in [6, 6.07) is 0.546. The Labute approximate surface area is 117 Å². The summed E-state index contributed by atoms with van der Waals surface area (Å²) in [5, 5.41) is 3.41. The van der Waals surface area contributed by atoms with Crippen LogP contribution in [0.25, 0.3) is 0 Å². The summed E-state index contributed by atoms with van der Waals surface area (Å²) in [4.78, 5) is 0. The zero-order valence-electron chi connectivity index (χ0n) is 12.2. The van der Waals surface area contributed by atoms with Crippen molar-refractivity contribution in [2.24, 2.45) is 5.41 Å². The van der Waals surface area contributed by atoms with Crippen LogP contribution in [-0.4, -0.2) is 32.8 Å². The van der Waals surface area contributed by atoms with Crippen LogP contribution in [-0.2, 0) is 10.0 Å². The highest BCUT2D eigenvalue weighted by Crippen LogP contribution is 2.37. The quantitative estimate of drug-likeness (QED) is 0.813. The molecule has 1 heterocycles. The molecule has 2 unspecified atom stereocenters. The first-order valence-corrected chi connectivity index (χ1v) is 9.25. The van der Waals surface area contributed by atoms with E-state index in [-0.39, 0.29) is 17.2 Å². The summed E-state index contributed by atoms with van der Waals surface area (Å²) in [5.74, 6) is 0.265. The maximum atomic E-state index is 12.1. The van der Waals surface area contributed by atoms with Gasteiger partial charge in [0.05, 0.1) is 5.75 Å². The maximum Gasteiger partial charge on any atom is 0.211 e. The van der Waals surface area contributed by atoms with E-state index in [4.69, 9.17) is 0 Å². The lowest BCUT2D eigenvalue weighted by Gasteiger charge is -2.23. The van der Waals surface area contributed by atoms with Gasteiger partial charge >= 0.3 is 0 Å². The smallest absolute Gasteiger partial charge is 0.211 e. The molecule has 0 aromatic carbocycles. The van der Waals surface area contributed by atoms with Gasteiger partial charge in [0.15, 0.2) is 0 Å². The van der Waals surface area contributed by atoms with Crippen molar-refractivity contribution in [1.29, 1.82) is 0 Å². The zero-order valence-corrected chi connectivity index (χ0v) is 13.1. The van der Waals surface area contributed by atoms with Crippen LogP contribution in [0.1, 0.15) is 58.8 Å². The highest BCUT2D eigenvalue weighted by atomic mass is 32.2. The van der Waals surface area contributed by atoms with E-state index >= 15 is 0 Å². The molecular weight excluding hydrogens is 260 g/mol. The van der Waals surface area contributed by atoms with E-state index in [1.807, 2.05) is 0 Å². The summed E-state index contributed by atoms with van der Waals surface area (Å²) < 4.78 is 27.1. The Morgan fingerprint density at radius 1 is 1.26 bits per heavy atom. The van der Waals surface area contributed by atoms with Gasteiger partial charge in [0.2, 0.25) is 10.0 Å². The molecule has 1 aliphatic heterocycles. The molecule has 1 aliphatic carbocycles. The Morgan fingerprint density at radius 3 is 2.63 bits per heavy atom. The van der Waals surface area contributed by atoms with Gasteiger partial charge < -0.3 is 5.32 Å². The standard InChI is InChI=1S/C14H28N2O2S/c1-14(2)8-6-13(11-14)16-19(17,18)10-7-12-5-3-4-9-15-12/h12-13,15-16H,3-11H2,1-2H3. The Hall–Kier alpha value is -0.130. The fraction of sp³-hybridized carbons (Fsp3) is 1.00. The third-order valence-electron chi connectivity index (χ3n) is 4.46. The molecule has 2 atom stereocenters. The molecule has 0 bridgehead atoms. The number of rotatable bonds is 5. The molecule has 112 valence electrons. The Kier molecular flexibility index (Phi) is 4.90. The predicted octanol–water partition coefficient (Wildman–Crippen LogP) is 2.02. The average molecular weight is 288 g/mol. The van der Waals surface area contributed by atoms with E-state index < -0.39 is 10.0 Å². The lowest BCUT2D eigenvalue weighted by Crippen LogP contribution is -2.39. The van der Waals surface area contributed by atoms with Gasteiger partial charge in [0.1, 0.15) is 0 Å². The third-order valence-corrected chi connectivity index (χ3v) is 5.93. The summed E-state index contributed by atoms with van der Waals surface area (Å²) in [5.41, 5.74) is 0.290. The van der Waals surface area contributed by atoms with Crippen molar-refractivity contribution in [3.8, 4) is 0 Å². The molecule has 1 saturated carbocycles. The number of nitrogens with one attached hydrogen (secondary N) is 2. The zero-order chi connectivity index (χ0) is 13.9. The third kappa shape index (κ3) is 5.04. The van der Waals surface area contributed by atoms with Crippen molar-refractivity contribution < 1.29 is 8.42 Å². The Bertz CT molecular complexity index is 386. The van der Waals surface area contributed by atoms with Crippen molar-refractivity contribution in [1.82, 2.24) is 10.0 Å². The Balaban J connectivity index is 1.75. The van der Waals surface area contributed by atoms with Crippen LogP contribution in [0.15, 0.2) is 0 Å². The lowest BCUT2D eigenvalue weighted by atomic mass is 9.92. The molecular formula is C14H28N2O2S. The lowest BCUT2D eigenvalue weighted by molar-refractivity contribution is 0.372. The van der Waals surface area contributed by atoms with Crippen LogP contribution in [0.2, 0.25) is 0 Å². The van der Waals surface area contributed by atoms with Crippen molar-refractivity contribution in [3.63, 3.8) is 0 Å². The van der Waals surface area contributed by atoms with Crippen LogP contribution < -0.4 is 10.0 Å². The van der Waals surface area contributed by atoms with E-state index in [2.05, 4.69) is 23.9 Å². The van der Waals surface area contributed by atoms with Gasteiger partial charge in [-0.2, -0.15) is 0 Å². The second-order valence-corrected chi connectivity index (χ2v) is 8.85. The first kappa shape index (κ1) is 15.3. The molecule has 0 aromatic heterocycles. The van der Waals surface area contributed by atoms with Gasteiger partial charge in [0, 0.05) is 12.1 Å². The molecule has 2 aliphatic rings. The molecule has 0 radical (unpaired) electrons. The number of sulfonamides is 1. The molecule has 2 N–H and O–H groups in total. The molecule has 0 spiro atoms. The van der Waals surface area contributed by atoms with Gasteiger partial charge in [-0.25, -0.2) is 13.1 Å². The fourth-order valence-electron chi connectivity index (χ4n) is 3.32. The normalized spacial score (nSPS) is 31.5. The molecule has 5 heteroatoms. The summed E-state index contributed by atoms with van der Waals surface area (Å²) >= 11 is 0. The highest BCUT2D eigenvalue weighted by molar-refractivity contribution is 7.89. The molecule has 0 amide bonds. The second-order valence-electron chi connectivity index (χ2n) is 6.98. The number of piperidine rings is 1. The van der Waals surface area contributed by atoms with Crippen LogP contribution >= 0.6 is 0 Å². The van der Waals surface area contributed by atoms with Gasteiger partial charge in [-0.3, -0.25) is 0 Å². The predicted molar refractivity (Wildman–Crippen MR) is 78.6 cm³/mol. The fourth-order valence-corrected chi connectivity index (χ4v) is 4.74. The SMILES string of the molecule is CC1(C)CCC(NS(=O)(=O)CCC2CCCCN2)C1. The second kappa shape index (κ2) is 6.10. The van der Waals surface area contributed by atoms with E-state index in [1.165, 1.54) is 12.8 Å². The highest BCUT2D eigenvalue weighted by Gasteiger charge is 2.33. The molecule has 2 rings (SSSR count). The molecule has 0 aromatic rings. The molecule has 1 saturated heterocycles. The van der Waals surface area contributed by atoms with Crippen LogP contribution in [0.5, 0.6) is 0 Å². The average Bonchev–Trinajstić information content (AvgIpc) is 2.67. The Morgan fingerprint density at radius 2 is 2.05 bits per heavy atom. The minimum atomic E-state index is -3.10. The number of hydrogen-bond acceptors (Lipinski definition) is 3. The number of hydrogen-bond donors (Lipinski definition) is 2. The first-order valence-electron chi connectivity index (χ1n) is 7.60. The van der Waals surface area contributed by atoms with Crippen LogP contribution in [0.3, 0.4) is 0 Å². The van der Waals surface area contributed by atoms with Crippen LogP contribution in [0, 0.1) is 5.41 Å². The van der Waals surface area contributed by atoms with Crippen molar-refractivity contribution in [2.75, 3.05) is 12.3 Å². The van der Waals surface area contributed by atoms with Gasteiger partial charge in [-0.05, 0) is 50.5 Å². The minimum Gasteiger partial charge on any atom is -0.314 e. The largest absolute Gasteiger partial charge is 0.314 e. The molecule has 4 nitrogen and oxygen atoms in total.